The van der Waals surface area contributed by atoms with Crippen LogP contribution in [0.5, 0.6) is 5.75 Å². The van der Waals surface area contributed by atoms with E-state index < -0.39 is 17.7 Å². The molecule has 0 bridgehead atoms. The first kappa shape index (κ1) is 20.4. The highest BCUT2D eigenvalue weighted by atomic mass is 16.5. The van der Waals surface area contributed by atoms with E-state index in [-0.39, 0.29) is 25.0 Å². The lowest BCUT2D eigenvalue weighted by Gasteiger charge is -2.33. The maximum absolute atomic E-state index is 13.3. The Bertz CT molecular complexity index is 958. The smallest absolute Gasteiger partial charge is 0.325 e. The van der Waals surface area contributed by atoms with Gasteiger partial charge in [0.2, 0.25) is 0 Å². The number of fused-ring (bicyclic) bond motifs is 2. The number of aryl methyl sites for hydroxylation is 1. The van der Waals surface area contributed by atoms with Crippen LogP contribution in [0.2, 0.25) is 0 Å². The Morgan fingerprint density at radius 3 is 2.67 bits per heavy atom. The molecule has 2 aromatic carbocycles. The predicted molar refractivity (Wildman–Crippen MR) is 113 cm³/mol. The zero-order valence-corrected chi connectivity index (χ0v) is 17.4. The van der Waals surface area contributed by atoms with Gasteiger partial charge in [-0.2, -0.15) is 0 Å². The van der Waals surface area contributed by atoms with Crippen molar-refractivity contribution in [2.45, 2.75) is 50.7 Å². The van der Waals surface area contributed by atoms with Crippen LogP contribution >= 0.6 is 0 Å². The summed E-state index contributed by atoms with van der Waals surface area (Å²) < 4.78 is 5.81. The number of nitrogens with one attached hydrogen (secondary N) is 1. The number of amides is 3. The van der Waals surface area contributed by atoms with E-state index in [9.17, 15) is 14.7 Å². The van der Waals surface area contributed by atoms with Crippen molar-refractivity contribution in [1.29, 1.82) is 0 Å². The van der Waals surface area contributed by atoms with Crippen molar-refractivity contribution < 1.29 is 19.4 Å². The molecule has 0 aromatic heterocycles. The maximum atomic E-state index is 13.3. The number of para-hydroxylation sites is 1. The largest absolute Gasteiger partial charge is 0.491 e. The second-order valence-electron chi connectivity index (χ2n) is 8.42. The summed E-state index contributed by atoms with van der Waals surface area (Å²) in [5, 5.41) is 13.4. The molecule has 2 atom stereocenters. The molecule has 6 nitrogen and oxygen atoms in total. The molecule has 1 aliphatic heterocycles. The molecule has 158 valence electrons. The Morgan fingerprint density at radius 2 is 1.87 bits per heavy atom. The number of benzene rings is 2. The summed E-state index contributed by atoms with van der Waals surface area (Å²) in [6, 6.07) is 15.0. The van der Waals surface area contributed by atoms with E-state index in [0.29, 0.717) is 12.2 Å². The predicted octanol–water partition coefficient (Wildman–Crippen LogP) is 3.33. The number of imide groups is 1. The van der Waals surface area contributed by atoms with Gasteiger partial charge in [0.1, 0.15) is 24.0 Å². The van der Waals surface area contributed by atoms with E-state index in [1.54, 1.807) is 0 Å². The number of nitrogens with zero attached hydrogens (tertiary/aromatic N) is 1. The highest BCUT2D eigenvalue weighted by Crippen LogP contribution is 2.39. The van der Waals surface area contributed by atoms with Crippen LogP contribution in [-0.2, 0) is 16.8 Å². The van der Waals surface area contributed by atoms with E-state index in [2.05, 4.69) is 19.2 Å². The molecule has 1 fully saturated rings. The third-order valence-corrected chi connectivity index (χ3v) is 6.02. The van der Waals surface area contributed by atoms with Crippen molar-refractivity contribution in [3.05, 3.63) is 65.2 Å². The van der Waals surface area contributed by atoms with Gasteiger partial charge < -0.3 is 15.2 Å². The third kappa shape index (κ3) is 3.56. The van der Waals surface area contributed by atoms with Gasteiger partial charge in [0.05, 0.1) is 6.54 Å². The molecule has 1 spiro atoms. The molecule has 6 heteroatoms. The molecule has 2 aliphatic rings. The number of aliphatic hydroxyl groups is 1. The maximum Gasteiger partial charge on any atom is 0.325 e. The summed E-state index contributed by atoms with van der Waals surface area (Å²) in [5.41, 5.74) is 2.00. The highest BCUT2D eigenvalue weighted by molar-refractivity contribution is 6.07. The molecule has 1 aliphatic carbocycles. The standard InChI is InChI=1S/C24H28N2O4/c1-16(2)19-10-4-6-12-21(19)30-15-18(27)14-26-22(28)24(25-23(26)29)13-7-9-17-8-3-5-11-20(17)24/h3-6,8,10-12,16,18,27H,7,9,13-15H2,1-2H3,(H,25,29)/t18-,24+/m0/s1. The molecule has 0 unspecified atom stereocenters. The molecule has 1 heterocycles. The Balaban J connectivity index is 1.46. The van der Waals surface area contributed by atoms with E-state index in [4.69, 9.17) is 4.74 Å². The van der Waals surface area contributed by atoms with Gasteiger partial charge in [0, 0.05) is 0 Å². The van der Waals surface area contributed by atoms with Gasteiger partial charge >= 0.3 is 6.03 Å². The van der Waals surface area contributed by atoms with E-state index >= 15 is 0 Å². The number of rotatable bonds is 6. The highest BCUT2D eigenvalue weighted by Gasteiger charge is 2.54. The van der Waals surface area contributed by atoms with E-state index in [1.165, 1.54) is 0 Å². The van der Waals surface area contributed by atoms with Gasteiger partial charge in [-0.1, -0.05) is 56.3 Å². The van der Waals surface area contributed by atoms with E-state index in [1.807, 2.05) is 48.5 Å². The number of hydrogen-bond acceptors (Lipinski definition) is 4. The molecular weight excluding hydrogens is 380 g/mol. The fraction of sp³-hybridized carbons (Fsp3) is 0.417. The van der Waals surface area contributed by atoms with Crippen molar-refractivity contribution in [3.63, 3.8) is 0 Å². The monoisotopic (exact) mass is 408 g/mol. The normalized spacial score (nSPS) is 21.7. The number of hydrogen-bond donors (Lipinski definition) is 2. The third-order valence-electron chi connectivity index (χ3n) is 6.02. The van der Waals surface area contributed by atoms with Crippen molar-refractivity contribution in [1.82, 2.24) is 10.2 Å². The first-order valence-electron chi connectivity index (χ1n) is 10.5. The van der Waals surface area contributed by atoms with Crippen molar-refractivity contribution in [3.8, 4) is 5.75 Å². The molecule has 2 aromatic rings. The van der Waals surface area contributed by atoms with Crippen LogP contribution in [-0.4, -0.2) is 41.2 Å². The molecule has 1 saturated heterocycles. The second-order valence-corrected chi connectivity index (χ2v) is 8.42. The Labute approximate surface area is 176 Å². The summed E-state index contributed by atoms with van der Waals surface area (Å²) in [5.74, 6) is 0.707. The summed E-state index contributed by atoms with van der Waals surface area (Å²) in [6.45, 7) is 4.06. The van der Waals surface area contributed by atoms with Gasteiger partial charge in [-0.15, -0.1) is 0 Å². The Kier molecular flexibility index (Phi) is 5.52. The van der Waals surface area contributed by atoms with Crippen molar-refractivity contribution in [2.24, 2.45) is 0 Å². The first-order valence-corrected chi connectivity index (χ1v) is 10.5. The minimum atomic E-state index is -1.02. The van der Waals surface area contributed by atoms with E-state index in [0.717, 1.165) is 34.4 Å². The van der Waals surface area contributed by atoms with Gasteiger partial charge in [0.25, 0.3) is 5.91 Å². The summed E-state index contributed by atoms with van der Waals surface area (Å²) >= 11 is 0. The lowest BCUT2D eigenvalue weighted by atomic mass is 9.76. The number of β-amino-alcohol motifs (C(OH)–C–C–N with tert-alkyl or cyclic N) is 1. The van der Waals surface area contributed by atoms with Crippen LogP contribution in [0, 0.1) is 0 Å². The second kappa shape index (κ2) is 8.11. The van der Waals surface area contributed by atoms with Crippen LogP contribution in [0.25, 0.3) is 0 Å². The summed E-state index contributed by atoms with van der Waals surface area (Å²) in [6.07, 6.45) is 1.31. The van der Waals surface area contributed by atoms with Crippen LogP contribution in [0.4, 0.5) is 4.79 Å². The molecule has 2 N–H and O–H groups in total. The van der Waals surface area contributed by atoms with Crippen LogP contribution in [0.3, 0.4) is 0 Å². The lowest BCUT2D eigenvalue weighted by Crippen LogP contribution is -2.47. The lowest BCUT2D eigenvalue weighted by molar-refractivity contribution is -0.133. The fourth-order valence-electron chi connectivity index (χ4n) is 4.52. The topological polar surface area (TPSA) is 78.9 Å². The fourth-order valence-corrected chi connectivity index (χ4v) is 4.52. The number of ether oxygens (including phenoxy) is 1. The quantitative estimate of drug-likeness (QED) is 0.719. The van der Waals surface area contributed by atoms with Gasteiger partial charge in [-0.3, -0.25) is 9.69 Å². The molecular formula is C24H28N2O4. The van der Waals surface area contributed by atoms with Gasteiger partial charge in [-0.05, 0) is 47.9 Å². The van der Waals surface area contributed by atoms with Crippen LogP contribution in [0.15, 0.2) is 48.5 Å². The Hall–Kier alpha value is -2.86. The molecule has 4 rings (SSSR count). The first-order chi connectivity index (χ1) is 14.4. The SMILES string of the molecule is CC(C)c1ccccc1OC[C@@H](O)CN1C(=O)N[C@@]2(CCCc3ccccc32)C1=O. The molecule has 0 saturated carbocycles. The van der Waals surface area contributed by atoms with Crippen LogP contribution in [0.1, 0.15) is 49.3 Å². The minimum Gasteiger partial charge on any atom is -0.491 e. The number of carbonyl (C=O) groups is 2. The number of urea groups is 1. The number of aliphatic hydroxyl groups excluding tert-OH is 1. The molecule has 30 heavy (non-hydrogen) atoms. The van der Waals surface area contributed by atoms with Crippen molar-refractivity contribution >= 4 is 11.9 Å². The molecule has 3 amide bonds. The minimum absolute atomic E-state index is 0.00435. The zero-order chi connectivity index (χ0) is 21.3. The Morgan fingerprint density at radius 1 is 1.13 bits per heavy atom. The van der Waals surface area contributed by atoms with Gasteiger partial charge in [0.15, 0.2) is 0 Å². The molecule has 0 radical (unpaired) electrons. The average Bonchev–Trinajstić information content (AvgIpc) is 2.97. The average molecular weight is 408 g/mol. The summed E-state index contributed by atoms with van der Waals surface area (Å²) in [4.78, 5) is 27.1. The van der Waals surface area contributed by atoms with Gasteiger partial charge in [-0.25, -0.2) is 4.79 Å². The summed E-state index contributed by atoms with van der Waals surface area (Å²) in [7, 11) is 0. The number of carbonyl (C=O) groups excluding carboxylic acids is 2. The van der Waals surface area contributed by atoms with Crippen molar-refractivity contribution in [2.75, 3.05) is 13.2 Å². The van der Waals surface area contributed by atoms with Crippen LogP contribution < -0.4 is 10.1 Å². The zero-order valence-electron chi connectivity index (χ0n) is 17.4.